The summed E-state index contributed by atoms with van der Waals surface area (Å²) >= 11 is 0. The van der Waals surface area contributed by atoms with Crippen molar-refractivity contribution in [3.8, 4) is 11.5 Å². The molecule has 0 unspecified atom stereocenters. The second-order valence-corrected chi connectivity index (χ2v) is 7.45. The average Bonchev–Trinajstić information content (AvgIpc) is 3.21. The first-order chi connectivity index (χ1) is 15.8. The third-order valence-corrected chi connectivity index (χ3v) is 5.41. The van der Waals surface area contributed by atoms with Crippen LogP contribution in [0.3, 0.4) is 0 Å². The molecule has 1 amide bonds. The van der Waals surface area contributed by atoms with Gasteiger partial charge >= 0.3 is 5.97 Å². The van der Waals surface area contributed by atoms with Gasteiger partial charge in [-0.2, -0.15) is 0 Å². The highest BCUT2D eigenvalue weighted by Gasteiger charge is 2.36. The van der Waals surface area contributed by atoms with Gasteiger partial charge in [-0.1, -0.05) is 12.2 Å². The first kappa shape index (κ1) is 24.2. The quantitative estimate of drug-likeness (QED) is 0.471. The van der Waals surface area contributed by atoms with E-state index in [2.05, 4.69) is 5.32 Å². The standard InChI is InChI=1S/C24H24F3NO5/c1-4-33-24(30)21(17-12-16(31-2)7-8-20(17)32-3)13-5-6-15(9-13)28-23(29)22-18(26)10-14(25)11-19(22)27/h5-8,10-13,15,21H,4,9H2,1-3H3,(H,28,29)/t13-,15+,21+/m1/s1. The fourth-order valence-electron chi connectivity index (χ4n) is 3.93. The van der Waals surface area contributed by atoms with Crippen molar-refractivity contribution in [3.63, 3.8) is 0 Å². The summed E-state index contributed by atoms with van der Waals surface area (Å²) in [6.45, 7) is 1.86. The smallest absolute Gasteiger partial charge is 0.314 e. The van der Waals surface area contributed by atoms with Crippen molar-refractivity contribution in [2.45, 2.75) is 25.3 Å². The Morgan fingerprint density at radius 3 is 2.36 bits per heavy atom. The minimum Gasteiger partial charge on any atom is -0.497 e. The Morgan fingerprint density at radius 1 is 1.06 bits per heavy atom. The van der Waals surface area contributed by atoms with Gasteiger partial charge in [0.1, 0.15) is 34.5 Å². The lowest BCUT2D eigenvalue weighted by Gasteiger charge is -2.24. The molecule has 2 aromatic rings. The molecule has 0 aliphatic heterocycles. The van der Waals surface area contributed by atoms with E-state index in [1.807, 2.05) is 0 Å². The molecular weight excluding hydrogens is 439 g/mol. The van der Waals surface area contributed by atoms with E-state index in [9.17, 15) is 22.8 Å². The van der Waals surface area contributed by atoms with E-state index < -0.39 is 52.8 Å². The number of ether oxygens (including phenoxy) is 3. The molecule has 6 nitrogen and oxygen atoms in total. The number of carbonyl (C=O) groups is 2. The number of benzene rings is 2. The summed E-state index contributed by atoms with van der Waals surface area (Å²) < 4.78 is 57.1. The van der Waals surface area contributed by atoms with Crippen LogP contribution in [0.25, 0.3) is 0 Å². The lowest BCUT2D eigenvalue weighted by Crippen LogP contribution is -2.35. The van der Waals surface area contributed by atoms with Crippen LogP contribution in [0.2, 0.25) is 0 Å². The highest BCUT2D eigenvalue weighted by Crippen LogP contribution is 2.40. The first-order valence-electron chi connectivity index (χ1n) is 10.3. The van der Waals surface area contributed by atoms with Crippen LogP contribution in [-0.4, -0.2) is 38.7 Å². The number of hydrogen-bond donors (Lipinski definition) is 1. The van der Waals surface area contributed by atoms with Crippen LogP contribution < -0.4 is 14.8 Å². The normalized spacial score (nSPS) is 18.0. The van der Waals surface area contributed by atoms with Crippen LogP contribution in [0.4, 0.5) is 13.2 Å². The molecule has 1 aliphatic carbocycles. The number of hydrogen-bond acceptors (Lipinski definition) is 5. The Kier molecular flexibility index (Phi) is 7.63. The number of rotatable bonds is 8. The molecular formula is C24H24F3NO5. The summed E-state index contributed by atoms with van der Waals surface area (Å²) in [5, 5.41) is 2.52. The van der Waals surface area contributed by atoms with Gasteiger partial charge in [0.25, 0.3) is 5.91 Å². The van der Waals surface area contributed by atoms with Crippen molar-refractivity contribution >= 4 is 11.9 Å². The highest BCUT2D eigenvalue weighted by atomic mass is 19.1. The summed E-state index contributed by atoms with van der Waals surface area (Å²) in [6.07, 6.45) is 3.64. The summed E-state index contributed by atoms with van der Waals surface area (Å²) in [5.41, 5.74) is -0.322. The topological polar surface area (TPSA) is 73.9 Å². The van der Waals surface area contributed by atoms with E-state index in [0.717, 1.165) is 0 Å². The van der Waals surface area contributed by atoms with E-state index in [0.29, 0.717) is 29.2 Å². The van der Waals surface area contributed by atoms with E-state index in [1.165, 1.54) is 14.2 Å². The van der Waals surface area contributed by atoms with Gasteiger partial charge in [-0.15, -0.1) is 0 Å². The van der Waals surface area contributed by atoms with Crippen LogP contribution >= 0.6 is 0 Å². The molecule has 3 rings (SSSR count). The molecule has 9 heteroatoms. The summed E-state index contributed by atoms with van der Waals surface area (Å²) in [6, 6.07) is 5.33. The number of methoxy groups -OCH3 is 2. The van der Waals surface area contributed by atoms with Crippen molar-refractivity contribution in [2.75, 3.05) is 20.8 Å². The SMILES string of the molecule is CCOC(=O)[C@H](c1cc(OC)ccc1OC)[C@@H]1C=C[C@H](NC(=O)c2c(F)cc(F)cc2F)C1. The molecule has 33 heavy (non-hydrogen) atoms. The zero-order chi connectivity index (χ0) is 24.1. The van der Waals surface area contributed by atoms with Crippen molar-refractivity contribution in [1.29, 1.82) is 0 Å². The minimum absolute atomic E-state index is 0.168. The molecule has 0 heterocycles. The zero-order valence-electron chi connectivity index (χ0n) is 18.4. The van der Waals surface area contributed by atoms with Crippen molar-refractivity contribution < 1.29 is 37.0 Å². The fourth-order valence-corrected chi connectivity index (χ4v) is 3.93. The summed E-state index contributed by atoms with van der Waals surface area (Å²) in [4.78, 5) is 25.3. The van der Waals surface area contributed by atoms with Crippen LogP contribution in [0, 0.1) is 23.4 Å². The zero-order valence-corrected chi connectivity index (χ0v) is 18.4. The molecule has 2 aromatic carbocycles. The van der Waals surface area contributed by atoms with Gasteiger partial charge in [0.15, 0.2) is 0 Å². The number of esters is 1. The molecule has 3 atom stereocenters. The first-order valence-corrected chi connectivity index (χ1v) is 10.3. The van der Waals surface area contributed by atoms with Crippen molar-refractivity contribution in [3.05, 3.63) is 71.1 Å². The summed E-state index contributed by atoms with van der Waals surface area (Å²) in [5.74, 6) is -5.41. The van der Waals surface area contributed by atoms with E-state index in [4.69, 9.17) is 14.2 Å². The maximum absolute atomic E-state index is 14.0. The third-order valence-electron chi connectivity index (χ3n) is 5.41. The molecule has 176 valence electrons. The molecule has 1 N–H and O–H groups in total. The minimum atomic E-state index is -1.30. The largest absolute Gasteiger partial charge is 0.497 e. The van der Waals surface area contributed by atoms with Crippen molar-refractivity contribution in [1.82, 2.24) is 5.32 Å². The lowest BCUT2D eigenvalue weighted by atomic mass is 9.84. The Morgan fingerprint density at radius 2 is 1.76 bits per heavy atom. The molecule has 0 bridgehead atoms. The van der Waals surface area contributed by atoms with Gasteiger partial charge in [0, 0.05) is 23.7 Å². The van der Waals surface area contributed by atoms with E-state index >= 15 is 0 Å². The van der Waals surface area contributed by atoms with Gasteiger partial charge in [-0.25, -0.2) is 13.2 Å². The number of halogens is 3. The van der Waals surface area contributed by atoms with Crippen LogP contribution in [0.15, 0.2) is 42.5 Å². The summed E-state index contributed by atoms with van der Waals surface area (Å²) in [7, 11) is 2.98. The maximum Gasteiger partial charge on any atom is 0.314 e. The van der Waals surface area contributed by atoms with E-state index in [-0.39, 0.29) is 13.0 Å². The predicted octanol–water partition coefficient (Wildman–Crippen LogP) is 4.14. The second kappa shape index (κ2) is 10.4. The fraction of sp³-hybridized carbons (Fsp3) is 0.333. The van der Waals surface area contributed by atoms with Crippen LogP contribution in [-0.2, 0) is 9.53 Å². The predicted molar refractivity (Wildman–Crippen MR) is 114 cm³/mol. The molecule has 0 spiro atoms. The average molecular weight is 463 g/mol. The van der Waals surface area contributed by atoms with Gasteiger partial charge in [0.2, 0.25) is 0 Å². The molecule has 0 aromatic heterocycles. The molecule has 1 aliphatic rings. The Bertz CT molecular complexity index is 1050. The maximum atomic E-state index is 14.0. The lowest BCUT2D eigenvalue weighted by molar-refractivity contribution is -0.146. The van der Waals surface area contributed by atoms with Crippen LogP contribution in [0.5, 0.6) is 11.5 Å². The second-order valence-electron chi connectivity index (χ2n) is 7.45. The Balaban J connectivity index is 1.84. The van der Waals surface area contributed by atoms with Crippen molar-refractivity contribution in [2.24, 2.45) is 5.92 Å². The Hall–Kier alpha value is -3.49. The molecule has 0 fully saturated rings. The molecule has 0 saturated heterocycles. The monoisotopic (exact) mass is 463 g/mol. The van der Waals surface area contributed by atoms with Gasteiger partial charge in [-0.05, 0) is 37.5 Å². The highest BCUT2D eigenvalue weighted by molar-refractivity contribution is 5.95. The molecule has 0 saturated carbocycles. The molecule has 0 radical (unpaired) electrons. The van der Waals surface area contributed by atoms with Gasteiger partial charge in [0.05, 0.1) is 26.7 Å². The number of amides is 1. The van der Waals surface area contributed by atoms with E-state index in [1.54, 1.807) is 37.3 Å². The number of allylic oxidation sites excluding steroid dienone is 1. The van der Waals surface area contributed by atoms with Crippen LogP contribution in [0.1, 0.15) is 35.2 Å². The van der Waals surface area contributed by atoms with Gasteiger partial charge in [-0.3, -0.25) is 9.59 Å². The van der Waals surface area contributed by atoms with Gasteiger partial charge < -0.3 is 19.5 Å². The third kappa shape index (κ3) is 5.30. The Labute approximate surface area is 189 Å². The number of carbonyl (C=O) groups excluding carboxylic acids is 2. The number of nitrogens with one attached hydrogen (secondary N) is 1.